The number of hydrogen-bond donors (Lipinski definition) is 2. The maximum Gasteiger partial charge on any atom is 0.326 e. The highest BCUT2D eigenvalue weighted by atomic mass is 19.1. The van der Waals surface area contributed by atoms with Gasteiger partial charge < -0.3 is 15.4 Å². The number of hydrogen-bond acceptors (Lipinski definition) is 5. The van der Waals surface area contributed by atoms with E-state index in [0.717, 1.165) is 24.2 Å². The van der Waals surface area contributed by atoms with Crippen LogP contribution in [0.3, 0.4) is 0 Å². The van der Waals surface area contributed by atoms with E-state index in [-0.39, 0.29) is 11.6 Å². The molecular weight excluding hydrogens is 369 g/mol. The van der Waals surface area contributed by atoms with Crippen LogP contribution in [0.1, 0.15) is 32.6 Å². The van der Waals surface area contributed by atoms with E-state index in [1.165, 1.54) is 18.2 Å². The molecule has 1 saturated heterocycles. The summed E-state index contributed by atoms with van der Waals surface area (Å²) in [7, 11) is 0. The Kier molecular flexibility index (Phi) is 5.62. The van der Waals surface area contributed by atoms with Gasteiger partial charge in [0.2, 0.25) is 0 Å². The van der Waals surface area contributed by atoms with Crippen LogP contribution in [-0.2, 0) is 19.1 Å². The zero-order chi connectivity index (χ0) is 20.3. The van der Waals surface area contributed by atoms with Crippen LogP contribution in [0.5, 0.6) is 0 Å². The van der Waals surface area contributed by atoms with Crippen LogP contribution >= 0.6 is 0 Å². The predicted octanol–water partition coefficient (Wildman–Crippen LogP) is 1.81. The van der Waals surface area contributed by atoms with Crippen molar-refractivity contribution < 1.29 is 28.3 Å². The summed E-state index contributed by atoms with van der Waals surface area (Å²) in [6.45, 7) is 0.677. The molecule has 2 atom stereocenters. The zero-order valence-electron chi connectivity index (χ0n) is 15.5. The van der Waals surface area contributed by atoms with E-state index in [2.05, 4.69) is 10.6 Å². The molecule has 4 amide bonds. The lowest BCUT2D eigenvalue weighted by atomic mass is 9.73. The summed E-state index contributed by atoms with van der Waals surface area (Å²) in [4.78, 5) is 49.6. The highest BCUT2D eigenvalue weighted by Crippen LogP contribution is 2.38. The van der Waals surface area contributed by atoms with Gasteiger partial charge >= 0.3 is 12.0 Å². The molecule has 0 unspecified atom stereocenters. The lowest BCUT2D eigenvalue weighted by Gasteiger charge is -2.36. The van der Waals surface area contributed by atoms with Gasteiger partial charge in [-0.1, -0.05) is 31.9 Å². The van der Waals surface area contributed by atoms with Gasteiger partial charge in [-0.05, 0) is 30.9 Å². The first-order chi connectivity index (χ1) is 13.3. The Balaban J connectivity index is 1.53. The van der Waals surface area contributed by atoms with Crippen LogP contribution in [-0.4, -0.2) is 47.4 Å². The average Bonchev–Trinajstić information content (AvgIpc) is 2.89. The van der Waals surface area contributed by atoms with E-state index in [4.69, 9.17) is 4.74 Å². The van der Waals surface area contributed by atoms with Crippen LogP contribution in [0.25, 0.3) is 0 Å². The van der Waals surface area contributed by atoms with Crippen molar-refractivity contribution in [3.8, 4) is 0 Å². The number of carbonyl (C=O) groups excluding carboxylic acids is 4. The number of benzene rings is 1. The third-order valence-corrected chi connectivity index (χ3v) is 5.30. The van der Waals surface area contributed by atoms with Gasteiger partial charge in [-0.15, -0.1) is 0 Å². The number of ether oxygens (including phenoxy) is 1. The fourth-order valence-corrected chi connectivity index (χ4v) is 3.71. The van der Waals surface area contributed by atoms with Crippen molar-refractivity contribution in [2.24, 2.45) is 5.92 Å². The Labute approximate surface area is 161 Å². The van der Waals surface area contributed by atoms with Crippen molar-refractivity contribution >= 4 is 29.5 Å². The summed E-state index contributed by atoms with van der Waals surface area (Å²) in [5.41, 5.74) is -0.997. The maximum absolute atomic E-state index is 13.5. The van der Waals surface area contributed by atoms with Gasteiger partial charge in [-0.2, -0.15) is 0 Å². The van der Waals surface area contributed by atoms with E-state index in [9.17, 15) is 23.6 Å². The number of rotatable bonds is 5. The van der Waals surface area contributed by atoms with Crippen LogP contribution in [0, 0.1) is 11.7 Å². The highest BCUT2D eigenvalue weighted by Gasteiger charge is 2.55. The van der Waals surface area contributed by atoms with Crippen LogP contribution in [0.15, 0.2) is 24.3 Å². The molecule has 9 heteroatoms. The molecule has 1 aliphatic carbocycles. The molecule has 150 valence electrons. The second-order valence-electron chi connectivity index (χ2n) is 7.13. The Morgan fingerprint density at radius 2 is 2.07 bits per heavy atom. The molecule has 2 N–H and O–H groups in total. The lowest BCUT2D eigenvalue weighted by Crippen LogP contribution is -2.54. The molecule has 2 aliphatic rings. The van der Waals surface area contributed by atoms with Crippen molar-refractivity contribution in [1.82, 2.24) is 10.2 Å². The second kappa shape index (κ2) is 7.95. The number of nitrogens with zero attached hydrogens (tertiary/aromatic N) is 1. The summed E-state index contributed by atoms with van der Waals surface area (Å²) in [5, 5.41) is 5.01. The Hall–Kier alpha value is -2.97. The molecule has 0 bridgehead atoms. The molecule has 0 aromatic heterocycles. The molecule has 1 aromatic rings. The number of anilines is 1. The van der Waals surface area contributed by atoms with Crippen molar-refractivity contribution in [1.29, 1.82) is 0 Å². The number of para-hydroxylation sites is 1. The zero-order valence-corrected chi connectivity index (χ0v) is 15.5. The largest absolute Gasteiger partial charge is 0.454 e. The standard InChI is InChI=1S/C19H22FN3O5/c1-12-6-4-5-9-19(12)17(26)23(18(27)22-19)10-16(25)28-11-15(24)21-14-8-3-2-7-13(14)20/h2-3,7-8,12H,4-6,9-11H2,1H3,(H,21,24)(H,22,27)/t12-,19-/m1/s1. The number of nitrogens with one attached hydrogen (secondary N) is 2. The van der Waals surface area contributed by atoms with Gasteiger partial charge in [0.05, 0.1) is 5.69 Å². The molecule has 1 spiro atoms. The molecule has 3 rings (SSSR count). The molecule has 0 radical (unpaired) electrons. The third-order valence-electron chi connectivity index (χ3n) is 5.30. The molecule has 8 nitrogen and oxygen atoms in total. The second-order valence-corrected chi connectivity index (χ2v) is 7.13. The summed E-state index contributed by atoms with van der Waals surface area (Å²) < 4.78 is 18.3. The normalized spacial score (nSPS) is 24.2. The number of esters is 1. The maximum atomic E-state index is 13.5. The van der Waals surface area contributed by atoms with Crippen LogP contribution in [0.4, 0.5) is 14.9 Å². The molecule has 1 saturated carbocycles. The highest BCUT2D eigenvalue weighted by molar-refractivity contribution is 6.09. The molecule has 1 aromatic carbocycles. The number of amides is 4. The van der Waals surface area contributed by atoms with Crippen molar-refractivity contribution in [2.75, 3.05) is 18.5 Å². The fraction of sp³-hybridized carbons (Fsp3) is 0.474. The fourth-order valence-electron chi connectivity index (χ4n) is 3.71. The van der Waals surface area contributed by atoms with Gasteiger partial charge in [0.1, 0.15) is 17.9 Å². The third kappa shape index (κ3) is 3.83. The van der Waals surface area contributed by atoms with Gasteiger partial charge in [-0.25, -0.2) is 9.18 Å². The minimum absolute atomic E-state index is 0.0229. The van der Waals surface area contributed by atoms with E-state index in [1.807, 2.05) is 6.92 Å². The lowest BCUT2D eigenvalue weighted by molar-refractivity contribution is -0.150. The van der Waals surface area contributed by atoms with Gasteiger partial charge in [0.15, 0.2) is 6.61 Å². The average molecular weight is 391 g/mol. The quantitative estimate of drug-likeness (QED) is 0.588. The first-order valence-electron chi connectivity index (χ1n) is 9.17. The van der Waals surface area contributed by atoms with Crippen molar-refractivity contribution in [2.45, 2.75) is 38.1 Å². The molecule has 1 aliphatic heterocycles. The number of halogens is 1. The minimum atomic E-state index is -0.960. The van der Waals surface area contributed by atoms with Crippen LogP contribution in [0.2, 0.25) is 0 Å². The van der Waals surface area contributed by atoms with Crippen molar-refractivity contribution in [3.63, 3.8) is 0 Å². The summed E-state index contributed by atoms with van der Waals surface area (Å²) in [6, 6.07) is 4.94. The van der Waals surface area contributed by atoms with E-state index >= 15 is 0 Å². The van der Waals surface area contributed by atoms with Gasteiger partial charge in [-0.3, -0.25) is 19.3 Å². The smallest absolute Gasteiger partial charge is 0.326 e. The Bertz CT molecular complexity index is 815. The molecular formula is C19H22FN3O5. The Morgan fingerprint density at radius 1 is 1.32 bits per heavy atom. The van der Waals surface area contributed by atoms with E-state index in [1.54, 1.807) is 6.07 Å². The van der Waals surface area contributed by atoms with E-state index in [0.29, 0.717) is 6.42 Å². The molecule has 2 fully saturated rings. The first kappa shape index (κ1) is 19.8. The van der Waals surface area contributed by atoms with E-state index < -0.39 is 48.3 Å². The molecule has 28 heavy (non-hydrogen) atoms. The summed E-state index contributed by atoms with van der Waals surface area (Å²) in [5.74, 6) is -2.70. The van der Waals surface area contributed by atoms with Gasteiger partial charge in [0, 0.05) is 0 Å². The van der Waals surface area contributed by atoms with Gasteiger partial charge in [0.25, 0.3) is 11.8 Å². The number of carbonyl (C=O) groups is 4. The number of imide groups is 1. The number of urea groups is 1. The van der Waals surface area contributed by atoms with Crippen LogP contribution < -0.4 is 10.6 Å². The monoisotopic (exact) mass is 391 g/mol. The topological polar surface area (TPSA) is 105 Å². The minimum Gasteiger partial charge on any atom is -0.454 e. The Morgan fingerprint density at radius 3 is 2.79 bits per heavy atom. The SMILES string of the molecule is C[C@@H]1CCCC[C@@]12NC(=O)N(CC(=O)OCC(=O)Nc1ccccc1F)C2=O. The molecule has 1 heterocycles. The van der Waals surface area contributed by atoms with Crippen molar-refractivity contribution in [3.05, 3.63) is 30.1 Å². The predicted molar refractivity (Wildman–Crippen MR) is 96.6 cm³/mol. The summed E-state index contributed by atoms with van der Waals surface area (Å²) >= 11 is 0. The summed E-state index contributed by atoms with van der Waals surface area (Å²) in [6.07, 6.45) is 3.17. The first-order valence-corrected chi connectivity index (χ1v) is 9.17.